The average molecular weight is 358 g/mol. The minimum atomic E-state index is 0.000848. The van der Waals surface area contributed by atoms with Crippen molar-refractivity contribution in [2.75, 3.05) is 18.8 Å². The van der Waals surface area contributed by atoms with Crippen LogP contribution in [-0.2, 0) is 0 Å². The highest BCUT2D eigenvalue weighted by Gasteiger charge is 2.17. The molecule has 0 unspecified atom stereocenters. The van der Waals surface area contributed by atoms with E-state index in [9.17, 15) is 10.4 Å². The number of aliphatic hydroxyl groups is 1. The molecule has 2 heterocycles. The highest BCUT2D eigenvalue weighted by Crippen LogP contribution is 2.23. The first-order chi connectivity index (χ1) is 11.7. The summed E-state index contributed by atoms with van der Waals surface area (Å²) in [5.74, 6) is 0.663. The van der Waals surface area contributed by atoms with Gasteiger partial charge < -0.3 is 15.0 Å². The number of piperidine rings is 1. The molecule has 124 valence electrons. The number of rotatable bonds is 3. The molecule has 0 spiro atoms. The van der Waals surface area contributed by atoms with Gasteiger partial charge >= 0.3 is 0 Å². The van der Waals surface area contributed by atoms with E-state index in [4.69, 9.17) is 12.2 Å². The van der Waals surface area contributed by atoms with Gasteiger partial charge in [-0.3, -0.25) is 0 Å². The Balaban J connectivity index is 1.73. The number of likely N-dealkylation sites (tertiary alicyclic amines) is 1. The van der Waals surface area contributed by atoms with E-state index in [2.05, 4.69) is 14.9 Å². The predicted molar refractivity (Wildman–Crippen MR) is 102 cm³/mol. The van der Waals surface area contributed by atoms with Gasteiger partial charge in [0.2, 0.25) is 0 Å². The summed E-state index contributed by atoms with van der Waals surface area (Å²) in [7, 11) is 0. The van der Waals surface area contributed by atoms with Gasteiger partial charge in [0.1, 0.15) is 21.7 Å². The predicted octanol–water partition coefficient (Wildman–Crippen LogP) is 3.86. The van der Waals surface area contributed by atoms with Crippen molar-refractivity contribution >= 4 is 44.9 Å². The number of nitrogens with one attached hydrogen (secondary N) is 1. The number of thioether (sulfide) groups is 1. The molecule has 0 atom stereocenters. The molecule has 2 N–H and O–H groups in total. The number of benzene rings is 1. The minimum absolute atomic E-state index is 0.000848. The maximum Gasteiger partial charge on any atom is 0.152 e. The highest BCUT2D eigenvalue weighted by molar-refractivity contribution is 8.23. The number of allylic oxidation sites excluding steroid dienone is 1. The van der Waals surface area contributed by atoms with Crippen molar-refractivity contribution in [1.29, 1.82) is 5.26 Å². The second-order valence-corrected chi connectivity index (χ2v) is 7.25. The van der Waals surface area contributed by atoms with Gasteiger partial charge in [-0.05, 0) is 31.4 Å². The molecule has 0 saturated carbocycles. The van der Waals surface area contributed by atoms with Crippen LogP contribution in [0.1, 0.15) is 25.1 Å². The van der Waals surface area contributed by atoms with Gasteiger partial charge in [-0.2, -0.15) is 5.26 Å². The van der Waals surface area contributed by atoms with E-state index in [0.29, 0.717) is 5.82 Å². The van der Waals surface area contributed by atoms with Crippen LogP contribution in [0.2, 0.25) is 0 Å². The topological polar surface area (TPSA) is 75.9 Å². The zero-order valence-corrected chi connectivity index (χ0v) is 14.8. The van der Waals surface area contributed by atoms with Gasteiger partial charge in [-0.25, -0.2) is 4.98 Å². The molecule has 1 aliphatic rings. The second-order valence-electron chi connectivity index (χ2n) is 5.64. The third-order valence-electron chi connectivity index (χ3n) is 3.97. The van der Waals surface area contributed by atoms with Crippen LogP contribution in [0.4, 0.5) is 0 Å². The van der Waals surface area contributed by atoms with Gasteiger partial charge in [0, 0.05) is 13.1 Å². The van der Waals surface area contributed by atoms with Crippen LogP contribution in [0.5, 0.6) is 0 Å². The molecule has 5 nitrogen and oxygen atoms in total. The first-order valence-corrected chi connectivity index (χ1v) is 9.27. The molecule has 1 aliphatic heterocycles. The number of imidazole rings is 1. The van der Waals surface area contributed by atoms with Gasteiger partial charge in [-0.15, -0.1) is 0 Å². The normalized spacial score (nSPS) is 15.9. The van der Waals surface area contributed by atoms with Crippen LogP contribution in [0.25, 0.3) is 16.6 Å². The summed E-state index contributed by atoms with van der Waals surface area (Å²) in [6.45, 7) is 1.95. The summed E-state index contributed by atoms with van der Waals surface area (Å²) >= 11 is 6.83. The highest BCUT2D eigenvalue weighted by atomic mass is 32.2. The standard InChI is InChI=1S/C17H18N4OS2/c18-10-12(16-19-13-6-2-3-7-14(13)20-16)15(22)11-24-17(23)21-8-4-1-5-9-21/h2-3,6-7,22H,1,4-5,8-9,11H2,(H,19,20)/b15-12+. The zero-order valence-electron chi connectivity index (χ0n) is 13.2. The van der Waals surface area contributed by atoms with Crippen LogP contribution in [0.15, 0.2) is 30.0 Å². The molecule has 0 bridgehead atoms. The molecule has 7 heteroatoms. The van der Waals surface area contributed by atoms with E-state index in [-0.39, 0.29) is 17.1 Å². The second kappa shape index (κ2) is 7.69. The number of aromatic nitrogens is 2. The van der Waals surface area contributed by atoms with Crippen LogP contribution in [-0.4, -0.2) is 43.1 Å². The van der Waals surface area contributed by atoms with Gasteiger partial charge in [0.25, 0.3) is 0 Å². The van der Waals surface area contributed by atoms with Crippen molar-refractivity contribution in [2.45, 2.75) is 19.3 Å². The lowest BCUT2D eigenvalue weighted by Gasteiger charge is -2.28. The Labute approximate surface area is 150 Å². The number of hydrogen-bond donors (Lipinski definition) is 2. The maximum atomic E-state index is 10.3. The maximum absolute atomic E-state index is 10.3. The van der Waals surface area contributed by atoms with Crippen LogP contribution in [0, 0.1) is 11.3 Å². The quantitative estimate of drug-likeness (QED) is 0.493. The van der Waals surface area contributed by atoms with Crippen LogP contribution < -0.4 is 0 Å². The van der Waals surface area contributed by atoms with Crippen molar-refractivity contribution in [2.24, 2.45) is 0 Å². The number of H-pyrrole nitrogens is 1. The Morgan fingerprint density at radius 1 is 1.33 bits per heavy atom. The Morgan fingerprint density at radius 3 is 2.79 bits per heavy atom. The van der Waals surface area contributed by atoms with Gasteiger partial charge in [-0.1, -0.05) is 36.1 Å². The third-order valence-corrected chi connectivity index (χ3v) is 5.51. The van der Waals surface area contributed by atoms with Crippen molar-refractivity contribution in [3.63, 3.8) is 0 Å². The zero-order chi connectivity index (χ0) is 16.9. The Bertz CT molecular complexity index is 782. The molecule has 1 saturated heterocycles. The van der Waals surface area contributed by atoms with E-state index in [1.807, 2.05) is 30.3 Å². The fourth-order valence-corrected chi connectivity index (χ4v) is 3.82. The third kappa shape index (κ3) is 3.71. The number of nitrogens with zero attached hydrogens (tertiary/aromatic N) is 3. The Hall–Kier alpha value is -2.04. The molecular weight excluding hydrogens is 340 g/mol. The number of para-hydroxylation sites is 2. The SMILES string of the molecule is N#C/C(=C(\O)CSC(=S)N1CCCCC1)c1nc2ccccc2[nH]1. The number of aromatic amines is 1. The lowest BCUT2D eigenvalue weighted by molar-refractivity contribution is 0.352. The number of hydrogen-bond acceptors (Lipinski definition) is 5. The van der Waals surface area contributed by atoms with E-state index < -0.39 is 0 Å². The number of thiocarbonyl (C=S) groups is 1. The van der Waals surface area contributed by atoms with Crippen LogP contribution >= 0.6 is 24.0 Å². The fourth-order valence-electron chi connectivity index (χ4n) is 2.70. The Kier molecular flexibility index (Phi) is 5.38. The summed E-state index contributed by atoms with van der Waals surface area (Å²) in [6.07, 6.45) is 3.56. The summed E-state index contributed by atoms with van der Waals surface area (Å²) in [6, 6.07) is 9.58. The molecule has 0 radical (unpaired) electrons. The molecule has 3 rings (SSSR count). The van der Waals surface area contributed by atoms with E-state index >= 15 is 0 Å². The monoisotopic (exact) mass is 358 g/mol. The van der Waals surface area contributed by atoms with Crippen LogP contribution in [0.3, 0.4) is 0 Å². The summed E-state index contributed by atoms with van der Waals surface area (Å²) < 4.78 is 0.781. The lowest BCUT2D eigenvalue weighted by Crippen LogP contribution is -2.32. The first kappa shape index (κ1) is 16.8. The van der Waals surface area contributed by atoms with E-state index in [1.54, 1.807) is 0 Å². The number of nitriles is 1. The summed E-state index contributed by atoms with van der Waals surface area (Å²) in [4.78, 5) is 9.62. The lowest BCUT2D eigenvalue weighted by atomic mass is 10.1. The molecule has 0 aliphatic carbocycles. The molecule has 2 aromatic rings. The summed E-state index contributed by atoms with van der Waals surface area (Å²) in [5, 5.41) is 19.7. The molecule has 1 aromatic heterocycles. The average Bonchev–Trinajstić information content (AvgIpc) is 3.04. The molecule has 1 fully saturated rings. The Morgan fingerprint density at radius 2 is 2.08 bits per heavy atom. The smallest absolute Gasteiger partial charge is 0.152 e. The van der Waals surface area contributed by atoms with E-state index in [0.717, 1.165) is 41.3 Å². The number of fused-ring (bicyclic) bond motifs is 1. The fraction of sp³-hybridized carbons (Fsp3) is 0.353. The largest absolute Gasteiger partial charge is 0.510 e. The molecule has 0 amide bonds. The van der Waals surface area contributed by atoms with Crippen molar-refractivity contribution < 1.29 is 5.11 Å². The van der Waals surface area contributed by atoms with Crippen molar-refractivity contribution in [1.82, 2.24) is 14.9 Å². The first-order valence-electron chi connectivity index (χ1n) is 7.88. The van der Waals surface area contributed by atoms with Crippen molar-refractivity contribution in [3.05, 3.63) is 35.8 Å². The van der Waals surface area contributed by atoms with Crippen molar-refractivity contribution in [3.8, 4) is 6.07 Å². The minimum Gasteiger partial charge on any atom is -0.510 e. The van der Waals surface area contributed by atoms with E-state index in [1.165, 1.54) is 18.2 Å². The molecular formula is C17H18N4OS2. The summed E-state index contributed by atoms with van der Waals surface area (Å²) in [5.41, 5.74) is 1.77. The molecule has 1 aromatic carbocycles. The van der Waals surface area contributed by atoms with Gasteiger partial charge in [0.05, 0.1) is 16.8 Å². The molecule has 24 heavy (non-hydrogen) atoms. The number of aliphatic hydroxyl groups excluding tert-OH is 1. The van der Waals surface area contributed by atoms with Gasteiger partial charge in [0.15, 0.2) is 5.82 Å².